The van der Waals surface area contributed by atoms with Gasteiger partial charge in [-0.2, -0.15) is 5.26 Å². The first-order valence-electron chi connectivity index (χ1n) is 10.9. The van der Waals surface area contributed by atoms with Gasteiger partial charge in [0.25, 0.3) is 0 Å². The summed E-state index contributed by atoms with van der Waals surface area (Å²) >= 11 is 0. The highest BCUT2D eigenvalue weighted by molar-refractivity contribution is 5.78. The fourth-order valence-electron chi connectivity index (χ4n) is 4.13. The number of aromatic nitrogens is 1. The first kappa shape index (κ1) is 23.6. The topological polar surface area (TPSA) is 72.3 Å². The molecule has 1 aromatic carbocycles. The summed E-state index contributed by atoms with van der Waals surface area (Å²) in [6.45, 7) is 7.83. The smallest absolute Gasteiger partial charge is 0.236 e. The maximum atomic E-state index is 14.2. The average molecular weight is 442 g/mol. The van der Waals surface area contributed by atoms with Crippen molar-refractivity contribution in [2.45, 2.75) is 45.2 Å². The molecule has 1 saturated carbocycles. The van der Waals surface area contributed by atoms with E-state index in [-0.39, 0.29) is 18.5 Å². The van der Waals surface area contributed by atoms with Gasteiger partial charge in [0.1, 0.15) is 23.4 Å². The molecular weight excluding hydrogens is 412 g/mol. The molecule has 0 aliphatic heterocycles. The zero-order valence-electron chi connectivity index (χ0n) is 18.7. The Morgan fingerprint density at radius 2 is 2.00 bits per heavy atom. The van der Waals surface area contributed by atoms with Crippen molar-refractivity contribution < 1.29 is 13.6 Å². The minimum Gasteiger partial charge on any atom is -0.367 e. The summed E-state index contributed by atoms with van der Waals surface area (Å²) in [5, 5.41) is 12.3. The molecule has 0 saturated heterocycles. The van der Waals surface area contributed by atoms with Gasteiger partial charge in [-0.15, -0.1) is 0 Å². The number of halogens is 2. The molecule has 1 heterocycles. The van der Waals surface area contributed by atoms with E-state index < -0.39 is 17.2 Å². The fourth-order valence-corrected chi connectivity index (χ4v) is 4.13. The monoisotopic (exact) mass is 441 g/mol. The van der Waals surface area contributed by atoms with Crippen molar-refractivity contribution in [3.05, 3.63) is 59.4 Å². The van der Waals surface area contributed by atoms with Gasteiger partial charge in [0.05, 0.1) is 6.54 Å². The van der Waals surface area contributed by atoms with Crippen LogP contribution >= 0.6 is 0 Å². The van der Waals surface area contributed by atoms with E-state index >= 15 is 0 Å². The molecule has 170 valence electrons. The molecule has 1 atom stereocenters. The molecule has 0 radical (unpaired) electrons. The number of carbonyl (C=O) groups is 1. The van der Waals surface area contributed by atoms with Crippen molar-refractivity contribution in [3.8, 4) is 6.07 Å². The lowest BCUT2D eigenvalue weighted by Gasteiger charge is -2.34. The third kappa shape index (κ3) is 5.22. The van der Waals surface area contributed by atoms with E-state index in [2.05, 4.69) is 21.3 Å². The SMILES string of the molecule is CCN(CC(C)N(CC)c1ccnc(C#N)c1)C(=O)CNC1(c2ccc(F)cc2F)CC1. The molecule has 1 aliphatic carbocycles. The quantitative estimate of drug-likeness (QED) is 0.610. The van der Waals surface area contributed by atoms with Crippen molar-refractivity contribution in [2.75, 3.05) is 31.1 Å². The Hall–Kier alpha value is -3.05. The second-order valence-corrected chi connectivity index (χ2v) is 8.14. The first-order valence-corrected chi connectivity index (χ1v) is 10.9. The second-order valence-electron chi connectivity index (χ2n) is 8.14. The predicted octanol–water partition coefficient (Wildman–Crippen LogP) is 3.57. The van der Waals surface area contributed by atoms with Gasteiger partial charge in [-0.3, -0.25) is 10.1 Å². The normalized spacial score (nSPS) is 15.0. The maximum absolute atomic E-state index is 14.2. The Bertz CT molecular complexity index is 1000. The molecule has 2 aromatic rings. The van der Waals surface area contributed by atoms with Gasteiger partial charge < -0.3 is 9.80 Å². The highest BCUT2D eigenvalue weighted by Crippen LogP contribution is 2.46. The van der Waals surface area contributed by atoms with E-state index in [1.54, 1.807) is 17.2 Å². The number of rotatable bonds is 10. The largest absolute Gasteiger partial charge is 0.367 e. The number of nitrogens with one attached hydrogen (secondary N) is 1. The molecule has 3 rings (SSSR count). The van der Waals surface area contributed by atoms with E-state index in [1.165, 1.54) is 12.1 Å². The number of nitrogens with zero attached hydrogens (tertiary/aromatic N) is 4. The number of amides is 1. The highest BCUT2D eigenvalue weighted by atomic mass is 19.1. The molecule has 32 heavy (non-hydrogen) atoms. The number of anilines is 1. The van der Waals surface area contributed by atoms with Crippen molar-refractivity contribution in [2.24, 2.45) is 0 Å². The van der Waals surface area contributed by atoms with Crippen LogP contribution in [-0.4, -0.2) is 48.0 Å². The van der Waals surface area contributed by atoms with Gasteiger partial charge in [0.2, 0.25) is 5.91 Å². The van der Waals surface area contributed by atoms with Crippen molar-refractivity contribution in [1.29, 1.82) is 5.26 Å². The summed E-state index contributed by atoms with van der Waals surface area (Å²) in [5.41, 5.74) is 1.05. The van der Waals surface area contributed by atoms with Crippen LogP contribution in [0.15, 0.2) is 36.5 Å². The van der Waals surface area contributed by atoms with Crippen LogP contribution < -0.4 is 10.2 Å². The summed E-state index contributed by atoms with van der Waals surface area (Å²) < 4.78 is 27.5. The molecule has 0 bridgehead atoms. The van der Waals surface area contributed by atoms with E-state index in [0.717, 1.165) is 11.8 Å². The highest BCUT2D eigenvalue weighted by Gasteiger charge is 2.46. The summed E-state index contributed by atoms with van der Waals surface area (Å²) in [4.78, 5) is 20.9. The average Bonchev–Trinajstić information content (AvgIpc) is 3.57. The fraction of sp³-hybridized carbons (Fsp3) is 0.458. The lowest BCUT2D eigenvalue weighted by molar-refractivity contribution is -0.130. The molecule has 8 heteroatoms. The number of carbonyl (C=O) groups excluding carboxylic acids is 1. The molecule has 1 aromatic heterocycles. The second kappa shape index (κ2) is 10.0. The van der Waals surface area contributed by atoms with Crippen LogP contribution in [0.3, 0.4) is 0 Å². The predicted molar refractivity (Wildman–Crippen MR) is 119 cm³/mol. The van der Waals surface area contributed by atoms with E-state index in [0.29, 0.717) is 43.7 Å². The van der Waals surface area contributed by atoms with Gasteiger partial charge in [-0.25, -0.2) is 13.8 Å². The molecular formula is C24H29F2N5O. The Labute approximate surface area is 187 Å². The van der Waals surface area contributed by atoms with Gasteiger partial charge in [-0.1, -0.05) is 6.07 Å². The van der Waals surface area contributed by atoms with Crippen LogP contribution in [0.25, 0.3) is 0 Å². The molecule has 1 aliphatic rings. The van der Waals surface area contributed by atoms with Crippen molar-refractivity contribution in [3.63, 3.8) is 0 Å². The molecule has 1 unspecified atom stereocenters. The van der Waals surface area contributed by atoms with E-state index in [9.17, 15) is 13.6 Å². The van der Waals surface area contributed by atoms with Crippen LogP contribution in [0, 0.1) is 23.0 Å². The molecule has 0 spiro atoms. The number of benzene rings is 1. The zero-order chi connectivity index (χ0) is 23.3. The minimum absolute atomic E-state index is 0.0160. The summed E-state index contributed by atoms with van der Waals surface area (Å²) in [6.07, 6.45) is 3.02. The zero-order valence-corrected chi connectivity index (χ0v) is 18.7. The number of hydrogen-bond donors (Lipinski definition) is 1. The Morgan fingerprint density at radius 1 is 1.25 bits per heavy atom. The van der Waals surface area contributed by atoms with E-state index in [4.69, 9.17) is 5.26 Å². The molecule has 1 N–H and O–H groups in total. The lowest BCUT2D eigenvalue weighted by atomic mass is 10.0. The standard InChI is InChI=1S/C24H29F2N5O/c1-4-30(16-17(3)31(5-2)20-8-11-28-19(13-20)14-27)23(32)15-29-24(9-10-24)21-7-6-18(25)12-22(21)26/h6-8,11-13,17,29H,4-5,9-10,15-16H2,1-3H3. The van der Waals surface area contributed by atoms with E-state index in [1.807, 2.05) is 26.8 Å². The first-order chi connectivity index (χ1) is 15.3. The summed E-state index contributed by atoms with van der Waals surface area (Å²) in [6, 6.07) is 9.26. The number of nitriles is 1. The van der Waals surface area contributed by atoms with Gasteiger partial charge >= 0.3 is 0 Å². The van der Waals surface area contributed by atoms with Gasteiger partial charge in [0.15, 0.2) is 0 Å². The molecule has 1 fully saturated rings. The number of pyridine rings is 1. The van der Waals surface area contributed by atoms with Gasteiger partial charge in [0, 0.05) is 54.7 Å². The van der Waals surface area contributed by atoms with Crippen LogP contribution in [0.5, 0.6) is 0 Å². The summed E-state index contributed by atoms with van der Waals surface area (Å²) in [7, 11) is 0. The Morgan fingerprint density at radius 3 is 2.59 bits per heavy atom. The lowest BCUT2D eigenvalue weighted by Crippen LogP contribution is -2.48. The molecule has 6 nitrogen and oxygen atoms in total. The van der Waals surface area contributed by atoms with Crippen LogP contribution in [-0.2, 0) is 10.3 Å². The van der Waals surface area contributed by atoms with Crippen LogP contribution in [0.1, 0.15) is 44.9 Å². The third-order valence-electron chi connectivity index (χ3n) is 6.06. The Balaban J connectivity index is 1.63. The van der Waals surface area contributed by atoms with Crippen LogP contribution in [0.2, 0.25) is 0 Å². The maximum Gasteiger partial charge on any atom is 0.236 e. The number of likely N-dealkylation sites (N-methyl/N-ethyl adjacent to an activating group) is 2. The van der Waals surface area contributed by atoms with Gasteiger partial charge in [-0.05, 0) is 51.8 Å². The van der Waals surface area contributed by atoms with Crippen molar-refractivity contribution >= 4 is 11.6 Å². The third-order valence-corrected chi connectivity index (χ3v) is 6.06. The van der Waals surface area contributed by atoms with Crippen LogP contribution in [0.4, 0.5) is 14.5 Å². The van der Waals surface area contributed by atoms with Crippen molar-refractivity contribution in [1.82, 2.24) is 15.2 Å². The number of hydrogen-bond acceptors (Lipinski definition) is 5. The summed E-state index contributed by atoms with van der Waals surface area (Å²) in [5.74, 6) is -1.27. The molecule has 1 amide bonds. The minimum atomic E-state index is -0.610. The Kier molecular flexibility index (Phi) is 7.41.